The summed E-state index contributed by atoms with van der Waals surface area (Å²) in [5.74, 6) is 0.839. The van der Waals surface area contributed by atoms with E-state index in [0.717, 1.165) is 42.6 Å². The second-order valence-electron chi connectivity index (χ2n) is 4.36. The zero-order chi connectivity index (χ0) is 12.1. The molecule has 0 aromatic heterocycles. The fourth-order valence-electron chi connectivity index (χ4n) is 2.25. The van der Waals surface area contributed by atoms with Crippen molar-refractivity contribution in [2.75, 3.05) is 7.11 Å². The monoisotopic (exact) mass is 231 g/mol. The Morgan fingerprint density at radius 2 is 2.29 bits per heavy atom. The first kappa shape index (κ1) is 11.8. The van der Waals surface area contributed by atoms with Gasteiger partial charge in [-0.3, -0.25) is 0 Å². The van der Waals surface area contributed by atoms with E-state index in [1.54, 1.807) is 7.11 Å². The normalized spacial score (nSPS) is 22.4. The zero-order valence-corrected chi connectivity index (χ0v) is 10.1. The maximum atomic E-state index is 10.8. The molecule has 1 aromatic carbocycles. The molecule has 90 valence electrons. The van der Waals surface area contributed by atoms with E-state index in [2.05, 4.69) is 11.3 Å². The number of hydrogen-bond acceptors (Lipinski definition) is 3. The molecule has 0 saturated heterocycles. The van der Waals surface area contributed by atoms with E-state index < -0.39 is 0 Å². The molecule has 0 radical (unpaired) electrons. The number of benzene rings is 1. The number of methoxy groups -OCH3 is 1. The van der Waals surface area contributed by atoms with Crippen LogP contribution in [0.1, 0.15) is 31.2 Å². The Bertz CT molecular complexity index is 426. The predicted octanol–water partition coefficient (Wildman–Crippen LogP) is 3.79. The van der Waals surface area contributed by atoms with E-state index in [-0.39, 0.29) is 6.04 Å². The standard InChI is InChI=1S/C14H17NO2/c1-17-13-7-4-5-11(10-13)9-12-6-2-3-8-14(12)15-16/h4-5,7,9-10,14H,2-3,6,8H2,1H3. The highest BCUT2D eigenvalue weighted by atomic mass is 16.5. The van der Waals surface area contributed by atoms with Crippen LogP contribution in [0.3, 0.4) is 0 Å². The smallest absolute Gasteiger partial charge is 0.119 e. The first-order chi connectivity index (χ1) is 8.33. The summed E-state index contributed by atoms with van der Waals surface area (Å²) < 4.78 is 5.18. The lowest BCUT2D eigenvalue weighted by Crippen LogP contribution is -2.12. The van der Waals surface area contributed by atoms with Gasteiger partial charge in [0.15, 0.2) is 0 Å². The highest BCUT2D eigenvalue weighted by Crippen LogP contribution is 2.28. The van der Waals surface area contributed by atoms with E-state index in [9.17, 15) is 4.91 Å². The molecule has 0 N–H and O–H groups in total. The van der Waals surface area contributed by atoms with Crippen LogP contribution in [0.2, 0.25) is 0 Å². The van der Waals surface area contributed by atoms with Gasteiger partial charge in [-0.1, -0.05) is 29.8 Å². The van der Waals surface area contributed by atoms with E-state index in [1.807, 2.05) is 24.3 Å². The average Bonchev–Trinajstić information content (AvgIpc) is 2.39. The van der Waals surface area contributed by atoms with Gasteiger partial charge in [-0.25, -0.2) is 0 Å². The second kappa shape index (κ2) is 5.62. The van der Waals surface area contributed by atoms with Crippen molar-refractivity contribution < 1.29 is 4.74 Å². The van der Waals surface area contributed by atoms with Gasteiger partial charge in [0.1, 0.15) is 11.8 Å². The summed E-state index contributed by atoms with van der Waals surface area (Å²) in [6, 6.07) is 7.74. The third kappa shape index (κ3) is 2.93. The van der Waals surface area contributed by atoms with Crippen molar-refractivity contribution in [1.82, 2.24) is 0 Å². The minimum Gasteiger partial charge on any atom is -0.497 e. The van der Waals surface area contributed by atoms with Crippen molar-refractivity contribution in [2.24, 2.45) is 5.18 Å². The Kier molecular flexibility index (Phi) is 3.91. The molecule has 1 unspecified atom stereocenters. The Labute approximate surface area is 101 Å². The van der Waals surface area contributed by atoms with E-state index >= 15 is 0 Å². The fourth-order valence-corrected chi connectivity index (χ4v) is 2.25. The molecular formula is C14H17NO2. The second-order valence-corrected chi connectivity index (χ2v) is 4.36. The van der Waals surface area contributed by atoms with Gasteiger partial charge in [-0.2, -0.15) is 4.91 Å². The molecule has 17 heavy (non-hydrogen) atoms. The van der Waals surface area contributed by atoms with E-state index in [0.29, 0.717) is 0 Å². The lowest BCUT2D eigenvalue weighted by Gasteiger charge is -2.19. The number of nitrogens with zero attached hydrogens (tertiary/aromatic N) is 1. The molecule has 0 amide bonds. The van der Waals surface area contributed by atoms with Crippen LogP contribution >= 0.6 is 0 Å². The van der Waals surface area contributed by atoms with Crippen LogP contribution in [-0.4, -0.2) is 13.2 Å². The highest BCUT2D eigenvalue weighted by molar-refractivity contribution is 5.56. The van der Waals surface area contributed by atoms with Gasteiger partial charge in [-0.15, -0.1) is 0 Å². The third-order valence-corrected chi connectivity index (χ3v) is 3.19. The highest BCUT2D eigenvalue weighted by Gasteiger charge is 2.19. The van der Waals surface area contributed by atoms with Gasteiger partial charge in [0.25, 0.3) is 0 Å². The number of rotatable bonds is 3. The maximum Gasteiger partial charge on any atom is 0.119 e. The van der Waals surface area contributed by atoms with Crippen LogP contribution in [0.5, 0.6) is 5.75 Å². The van der Waals surface area contributed by atoms with Crippen LogP contribution < -0.4 is 4.74 Å². The average molecular weight is 231 g/mol. The minimum atomic E-state index is -0.130. The van der Waals surface area contributed by atoms with Gasteiger partial charge in [-0.05, 0) is 42.5 Å². The van der Waals surface area contributed by atoms with Crippen molar-refractivity contribution in [3.05, 3.63) is 40.3 Å². The van der Waals surface area contributed by atoms with Crippen molar-refractivity contribution >= 4 is 6.08 Å². The summed E-state index contributed by atoms with van der Waals surface area (Å²) in [6.07, 6.45) is 6.20. The maximum absolute atomic E-state index is 10.8. The summed E-state index contributed by atoms with van der Waals surface area (Å²) in [4.78, 5) is 10.8. The number of ether oxygens (including phenoxy) is 1. The van der Waals surface area contributed by atoms with Gasteiger partial charge in [0.05, 0.1) is 7.11 Å². The molecule has 2 rings (SSSR count). The predicted molar refractivity (Wildman–Crippen MR) is 69.0 cm³/mol. The van der Waals surface area contributed by atoms with Gasteiger partial charge in [0, 0.05) is 0 Å². The van der Waals surface area contributed by atoms with Crippen LogP contribution in [0, 0.1) is 4.91 Å². The Balaban J connectivity index is 2.23. The van der Waals surface area contributed by atoms with Gasteiger partial charge in [0.2, 0.25) is 0 Å². The van der Waals surface area contributed by atoms with Crippen molar-refractivity contribution in [1.29, 1.82) is 0 Å². The first-order valence-electron chi connectivity index (χ1n) is 6.00. The summed E-state index contributed by atoms with van der Waals surface area (Å²) in [7, 11) is 1.66. The molecule has 1 aliphatic carbocycles. The summed E-state index contributed by atoms with van der Waals surface area (Å²) in [6.45, 7) is 0. The molecular weight excluding hydrogens is 214 g/mol. The quantitative estimate of drug-likeness (QED) is 0.742. The molecule has 0 aliphatic heterocycles. The minimum absolute atomic E-state index is 0.130. The van der Waals surface area contributed by atoms with Gasteiger partial charge < -0.3 is 4.74 Å². The molecule has 1 aliphatic rings. The van der Waals surface area contributed by atoms with Crippen molar-refractivity contribution in [3.8, 4) is 5.75 Å². The molecule has 1 aromatic rings. The largest absolute Gasteiger partial charge is 0.497 e. The lowest BCUT2D eigenvalue weighted by atomic mass is 9.89. The van der Waals surface area contributed by atoms with E-state index in [1.165, 1.54) is 0 Å². The zero-order valence-electron chi connectivity index (χ0n) is 10.1. The topological polar surface area (TPSA) is 38.7 Å². The Hall–Kier alpha value is -1.64. The van der Waals surface area contributed by atoms with Crippen LogP contribution in [0.15, 0.2) is 35.0 Å². The summed E-state index contributed by atoms with van der Waals surface area (Å²) >= 11 is 0. The van der Waals surface area contributed by atoms with Crippen molar-refractivity contribution in [3.63, 3.8) is 0 Å². The molecule has 3 heteroatoms. The summed E-state index contributed by atoms with van der Waals surface area (Å²) in [5, 5.41) is 3.22. The molecule has 0 heterocycles. The van der Waals surface area contributed by atoms with Crippen LogP contribution in [0.25, 0.3) is 6.08 Å². The molecule has 3 nitrogen and oxygen atoms in total. The molecule has 0 spiro atoms. The third-order valence-electron chi connectivity index (χ3n) is 3.19. The molecule has 1 saturated carbocycles. The molecule has 1 atom stereocenters. The molecule has 1 fully saturated rings. The first-order valence-corrected chi connectivity index (χ1v) is 6.00. The van der Waals surface area contributed by atoms with Gasteiger partial charge >= 0.3 is 0 Å². The number of nitroso groups, excluding NO2 is 1. The van der Waals surface area contributed by atoms with Crippen LogP contribution in [-0.2, 0) is 0 Å². The fraction of sp³-hybridized carbons (Fsp3) is 0.429. The van der Waals surface area contributed by atoms with Crippen molar-refractivity contribution in [2.45, 2.75) is 31.7 Å². The SMILES string of the molecule is COc1cccc(C=C2CCCCC2N=O)c1. The Morgan fingerprint density at radius 3 is 3.06 bits per heavy atom. The molecule has 0 bridgehead atoms. The van der Waals surface area contributed by atoms with E-state index in [4.69, 9.17) is 4.74 Å². The van der Waals surface area contributed by atoms with Crippen LogP contribution in [0.4, 0.5) is 0 Å². The summed E-state index contributed by atoms with van der Waals surface area (Å²) in [5.41, 5.74) is 2.23. The lowest BCUT2D eigenvalue weighted by molar-refractivity contribution is 0.414. The Morgan fingerprint density at radius 1 is 1.41 bits per heavy atom. The number of hydrogen-bond donors (Lipinski definition) is 0.